The fourth-order valence-electron chi connectivity index (χ4n) is 1.90. The summed E-state index contributed by atoms with van der Waals surface area (Å²) in [6.45, 7) is 0.264. The van der Waals surface area contributed by atoms with Gasteiger partial charge < -0.3 is 5.11 Å². The number of rotatable bonds is 4. The molecule has 0 aromatic heterocycles. The molecule has 2 rings (SSSR count). The van der Waals surface area contributed by atoms with Crippen molar-refractivity contribution in [2.45, 2.75) is 11.1 Å². The molecular weight excluding hydrogens is 254 g/mol. The first-order chi connectivity index (χ1) is 8.50. The van der Waals surface area contributed by atoms with Crippen molar-refractivity contribution in [3.05, 3.63) is 47.5 Å². The first-order valence-corrected chi connectivity index (χ1v) is 7.14. The maximum absolute atomic E-state index is 12.2. The minimum atomic E-state index is -3.57. The number of sulfone groups is 1. The molecule has 1 aliphatic rings. The maximum Gasteiger partial charge on any atom is 0.333 e. The van der Waals surface area contributed by atoms with Gasteiger partial charge in [0.05, 0.1) is 11.3 Å². The molecule has 96 valence electrons. The highest BCUT2D eigenvalue weighted by Gasteiger charge is 2.35. The summed E-state index contributed by atoms with van der Waals surface area (Å²) in [5.41, 5.74) is 0.557. The van der Waals surface area contributed by atoms with E-state index < -0.39 is 21.2 Å². The predicted molar refractivity (Wildman–Crippen MR) is 66.6 cm³/mol. The number of aliphatic carboxylic acids is 1. The van der Waals surface area contributed by atoms with Gasteiger partial charge in [-0.2, -0.15) is 0 Å². The van der Waals surface area contributed by atoms with Gasteiger partial charge in [0.25, 0.3) is 0 Å². The number of carboxylic acids is 1. The molecule has 1 aromatic rings. The molecule has 2 N–H and O–H groups in total. The fourth-order valence-corrected chi connectivity index (χ4v) is 3.66. The van der Waals surface area contributed by atoms with Gasteiger partial charge in [-0.25, -0.2) is 13.2 Å². The molecule has 0 fully saturated rings. The van der Waals surface area contributed by atoms with Crippen LogP contribution in [0.2, 0.25) is 0 Å². The maximum atomic E-state index is 12.2. The van der Waals surface area contributed by atoms with Crippen LogP contribution in [-0.4, -0.2) is 31.4 Å². The van der Waals surface area contributed by atoms with Crippen LogP contribution in [0.25, 0.3) is 0 Å². The number of hydrogen-bond donors (Lipinski definition) is 2. The normalized spacial score (nSPS) is 19.6. The highest BCUT2D eigenvalue weighted by molar-refractivity contribution is 7.91. The summed E-state index contributed by atoms with van der Waals surface area (Å²) < 4.78 is 24.3. The first kappa shape index (κ1) is 12.8. The first-order valence-electron chi connectivity index (χ1n) is 5.43. The number of hydrogen-bond acceptors (Lipinski definition) is 4. The van der Waals surface area contributed by atoms with Crippen LogP contribution in [0, 0.1) is 0 Å². The van der Waals surface area contributed by atoms with Gasteiger partial charge in [-0.05, 0) is 5.56 Å². The molecule has 0 saturated heterocycles. The highest BCUT2D eigenvalue weighted by atomic mass is 32.2. The zero-order chi connectivity index (χ0) is 13.2. The van der Waals surface area contributed by atoms with Crippen LogP contribution < -0.4 is 5.32 Å². The van der Waals surface area contributed by atoms with E-state index in [0.717, 1.165) is 0 Å². The molecule has 0 amide bonds. The van der Waals surface area contributed by atoms with E-state index in [1.165, 1.54) is 6.08 Å². The van der Waals surface area contributed by atoms with Crippen molar-refractivity contribution < 1.29 is 18.3 Å². The largest absolute Gasteiger partial charge is 0.478 e. The van der Waals surface area contributed by atoms with Crippen LogP contribution >= 0.6 is 0 Å². The summed E-state index contributed by atoms with van der Waals surface area (Å²) >= 11 is 0. The van der Waals surface area contributed by atoms with E-state index in [0.29, 0.717) is 5.56 Å². The van der Waals surface area contributed by atoms with Crippen molar-refractivity contribution in [2.75, 3.05) is 6.54 Å². The van der Waals surface area contributed by atoms with Gasteiger partial charge in [-0.1, -0.05) is 36.4 Å². The lowest BCUT2D eigenvalue weighted by molar-refractivity contribution is -0.132. The molecule has 1 aromatic carbocycles. The molecule has 1 heterocycles. The SMILES string of the molecule is O=C(O)C1=CCNC1S(=O)(=O)Cc1ccccc1. The van der Waals surface area contributed by atoms with Gasteiger partial charge in [0.15, 0.2) is 9.84 Å². The Labute approximate surface area is 105 Å². The number of nitrogens with one attached hydrogen (secondary N) is 1. The van der Waals surface area contributed by atoms with E-state index in [4.69, 9.17) is 5.11 Å². The standard InChI is InChI=1S/C12H13NO4S/c14-12(15)10-6-7-13-11(10)18(16,17)8-9-4-2-1-3-5-9/h1-6,11,13H,7-8H2,(H,14,15). The molecule has 0 bridgehead atoms. The van der Waals surface area contributed by atoms with Gasteiger partial charge >= 0.3 is 5.97 Å². The molecular formula is C12H13NO4S. The van der Waals surface area contributed by atoms with Crippen LogP contribution in [-0.2, 0) is 20.4 Å². The molecule has 1 aliphatic heterocycles. The van der Waals surface area contributed by atoms with Crippen molar-refractivity contribution in [3.8, 4) is 0 Å². The second kappa shape index (κ2) is 4.91. The Hall–Kier alpha value is -1.66. The molecule has 6 heteroatoms. The summed E-state index contributed by atoms with van der Waals surface area (Å²) in [5, 5.41) is 10.5. The molecule has 0 radical (unpaired) electrons. The molecule has 0 saturated carbocycles. The molecule has 1 unspecified atom stereocenters. The predicted octanol–water partition coefficient (Wildman–Crippen LogP) is 0.542. The van der Waals surface area contributed by atoms with Crippen LogP contribution in [0.15, 0.2) is 42.0 Å². The summed E-state index contributed by atoms with van der Waals surface area (Å²) in [5.74, 6) is -1.36. The minimum Gasteiger partial charge on any atom is -0.478 e. The molecule has 5 nitrogen and oxygen atoms in total. The van der Waals surface area contributed by atoms with E-state index in [1.54, 1.807) is 30.3 Å². The quantitative estimate of drug-likeness (QED) is 0.832. The van der Waals surface area contributed by atoms with E-state index in [2.05, 4.69) is 5.32 Å². The molecule has 18 heavy (non-hydrogen) atoms. The van der Waals surface area contributed by atoms with Gasteiger partial charge in [0.1, 0.15) is 5.37 Å². The third kappa shape index (κ3) is 2.60. The van der Waals surface area contributed by atoms with Crippen molar-refractivity contribution in [1.29, 1.82) is 0 Å². The Kier molecular flexibility index (Phi) is 3.49. The molecule has 0 spiro atoms. The van der Waals surface area contributed by atoms with Crippen molar-refractivity contribution >= 4 is 15.8 Å². The minimum absolute atomic E-state index is 0.0917. The van der Waals surface area contributed by atoms with E-state index in [-0.39, 0.29) is 17.9 Å². The Balaban J connectivity index is 2.22. The lowest BCUT2D eigenvalue weighted by Crippen LogP contribution is -2.36. The molecule has 1 atom stereocenters. The van der Waals surface area contributed by atoms with Gasteiger partial charge in [0, 0.05) is 6.54 Å². The van der Waals surface area contributed by atoms with Gasteiger partial charge in [-0.3, -0.25) is 5.32 Å². The highest BCUT2D eigenvalue weighted by Crippen LogP contribution is 2.19. The van der Waals surface area contributed by atoms with Crippen LogP contribution in [0.3, 0.4) is 0 Å². The van der Waals surface area contributed by atoms with Crippen molar-refractivity contribution in [2.24, 2.45) is 0 Å². The second-order valence-electron chi connectivity index (χ2n) is 4.05. The Morgan fingerprint density at radius 2 is 2.00 bits per heavy atom. The third-order valence-electron chi connectivity index (χ3n) is 2.72. The smallest absolute Gasteiger partial charge is 0.333 e. The Morgan fingerprint density at radius 3 is 2.61 bits per heavy atom. The van der Waals surface area contributed by atoms with Gasteiger partial charge in [-0.15, -0.1) is 0 Å². The lowest BCUT2D eigenvalue weighted by atomic mass is 10.2. The Bertz CT molecular complexity index is 577. The van der Waals surface area contributed by atoms with E-state index >= 15 is 0 Å². The number of carboxylic acid groups (broad SMARTS) is 1. The average molecular weight is 267 g/mol. The zero-order valence-electron chi connectivity index (χ0n) is 9.54. The number of carbonyl (C=O) groups is 1. The summed E-state index contributed by atoms with van der Waals surface area (Å²) in [6.07, 6.45) is 1.40. The van der Waals surface area contributed by atoms with Gasteiger partial charge in [0.2, 0.25) is 0 Å². The van der Waals surface area contributed by atoms with Crippen molar-refractivity contribution in [1.82, 2.24) is 5.32 Å². The van der Waals surface area contributed by atoms with Crippen LogP contribution in [0.1, 0.15) is 5.56 Å². The summed E-state index contributed by atoms with van der Waals surface area (Å²) in [6, 6.07) is 8.71. The van der Waals surface area contributed by atoms with E-state index in [1.807, 2.05) is 0 Å². The zero-order valence-corrected chi connectivity index (χ0v) is 10.4. The summed E-state index contributed by atoms with van der Waals surface area (Å²) in [4.78, 5) is 10.9. The third-order valence-corrected chi connectivity index (χ3v) is 4.60. The van der Waals surface area contributed by atoms with Crippen LogP contribution in [0.5, 0.6) is 0 Å². The number of benzene rings is 1. The fraction of sp³-hybridized carbons (Fsp3) is 0.250. The van der Waals surface area contributed by atoms with E-state index in [9.17, 15) is 13.2 Å². The monoisotopic (exact) mass is 267 g/mol. The van der Waals surface area contributed by atoms with Crippen molar-refractivity contribution in [3.63, 3.8) is 0 Å². The lowest BCUT2D eigenvalue weighted by Gasteiger charge is -2.14. The average Bonchev–Trinajstić information content (AvgIpc) is 2.79. The summed E-state index contributed by atoms with van der Waals surface area (Å²) in [7, 11) is -3.57. The topological polar surface area (TPSA) is 83.5 Å². The Morgan fingerprint density at radius 1 is 1.33 bits per heavy atom. The second-order valence-corrected chi connectivity index (χ2v) is 6.13. The molecule has 0 aliphatic carbocycles. The van der Waals surface area contributed by atoms with Crippen LogP contribution in [0.4, 0.5) is 0 Å².